The second-order valence-corrected chi connectivity index (χ2v) is 6.79. The molecule has 0 saturated heterocycles. The van der Waals surface area contributed by atoms with Crippen LogP contribution in [-0.4, -0.2) is 15.8 Å². The number of benzene rings is 1. The monoisotopic (exact) mass is 333 g/mol. The number of carbonyl (C=O) groups is 1. The Morgan fingerprint density at radius 1 is 1.33 bits per heavy atom. The number of fused-ring (bicyclic) bond motifs is 1. The molecule has 0 fully saturated rings. The lowest BCUT2D eigenvalue weighted by molar-refractivity contribution is -0.106. The summed E-state index contributed by atoms with van der Waals surface area (Å²) in [5.74, 6) is 0. The highest BCUT2D eigenvalue weighted by atomic mass is 31.1. The number of rotatable bonds is 5. The van der Waals surface area contributed by atoms with E-state index in [1.54, 1.807) is 6.08 Å². The normalized spacial score (nSPS) is 15.9. The molecular weight excluding hydrogens is 313 g/mol. The molecule has 0 saturated carbocycles. The van der Waals surface area contributed by atoms with Crippen LogP contribution in [0.25, 0.3) is 16.5 Å². The van der Waals surface area contributed by atoms with Crippen LogP contribution < -0.4 is 0 Å². The van der Waals surface area contributed by atoms with E-state index in [1.807, 2.05) is 31.2 Å². The average molecular weight is 333 g/mol. The fourth-order valence-corrected chi connectivity index (χ4v) is 3.81. The summed E-state index contributed by atoms with van der Waals surface area (Å²) in [4.78, 5) is 15.9. The van der Waals surface area contributed by atoms with Crippen LogP contribution in [0.15, 0.2) is 66.8 Å². The summed E-state index contributed by atoms with van der Waals surface area (Å²) >= 11 is 0. The molecule has 1 aliphatic heterocycles. The molecule has 2 heterocycles. The standard InChI is InChI=1S/C21H20NOP/c1-4-7-15(8-5-2)20-13-17(21(23)24-20)19-12-16-10-9-14(6-3)11-18(16)22-19/h4-5,7-13,22H,1,6H2,2-3H3/b8-5-,15-7+. The van der Waals surface area contributed by atoms with Gasteiger partial charge in [-0.2, -0.15) is 0 Å². The van der Waals surface area contributed by atoms with Gasteiger partial charge in [-0.15, -0.1) is 0 Å². The molecule has 0 unspecified atom stereocenters. The third-order valence-electron chi connectivity index (χ3n) is 4.06. The summed E-state index contributed by atoms with van der Waals surface area (Å²) in [6.07, 6.45) is 10.7. The molecule has 1 aromatic carbocycles. The fraction of sp³-hybridized carbons (Fsp3) is 0.143. The van der Waals surface area contributed by atoms with E-state index >= 15 is 0 Å². The Morgan fingerprint density at radius 2 is 2.17 bits per heavy atom. The van der Waals surface area contributed by atoms with Crippen molar-refractivity contribution in [1.82, 2.24) is 4.98 Å². The smallest absolute Gasteiger partial charge is 0.214 e. The van der Waals surface area contributed by atoms with Crippen LogP contribution in [0.1, 0.15) is 25.1 Å². The molecule has 0 spiro atoms. The number of allylic oxidation sites excluding steroid dienone is 7. The van der Waals surface area contributed by atoms with Gasteiger partial charge >= 0.3 is 0 Å². The van der Waals surface area contributed by atoms with Gasteiger partial charge in [-0.1, -0.05) is 49.9 Å². The van der Waals surface area contributed by atoms with E-state index in [1.165, 1.54) is 5.56 Å². The molecule has 1 N–H and O–H groups in total. The first-order valence-corrected chi connectivity index (χ1v) is 8.98. The lowest BCUT2D eigenvalue weighted by Crippen LogP contribution is -1.92. The van der Waals surface area contributed by atoms with Crippen LogP contribution >= 0.6 is 8.20 Å². The number of carbonyl (C=O) groups excluding carboxylic acids is 1. The molecule has 0 bridgehead atoms. The predicted octanol–water partition coefficient (Wildman–Crippen LogP) is 5.46. The third kappa shape index (κ3) is 3.11. The van der Waals surface area contributed by atoms with E-state index in [2.05, 4.69) is 42.8 Å². The van der Waals surface area contributed by atoms with E-state index in [9.17, 15) is 4.79 Å². The summed E-state index contributed by atoms with van der Waals surface area (Å²) in [7, 11) is 0.717. The van der Waals surface area contributed by atoms with E-state index in [-0.39, 0.29) is 5.52 Å². The van der Waals surface area contributed by atoms with Crippen molar-refractivity contribution in [1.29, 1.82) is 0 Å². The lowest BCUT2D eigenvalue weighted by atomic mass is 10.1. The van der Waals surface area contributed by atoms with Gasteiger partial charge in [-0.25, -0.2) is 0 Å². The van der Waals surface area contributed by atoms with Gasteiger partial charge in [-0.05, 0) is 50.9 Å². The number of aromatic amines is 1. The Bertz CT molecular complexity index is 938. The topological polar surface area (TPSA) is 32.9 Å². The number of hydrogen-bond donors (Lipinski definition) is 1. The van der Waals surface area contributed by atoms with E-state index < -0.39 is 0 Å². The highest BCUT2D eigenvalue weighted by Crippen LogP contribution is 2.32. The molecular formula is C21H20NOP. The largest absolute Gasteiger partial charge is 0.354 e. The SMILES string of the molecule is C=C/C=C(\C=C/C)C1=PC(=O)C(c2cc3ccc(CC)cc3[nH]2)=C1. The molecule has 0 aliphatic carbocycles. The van der Waals surface area contributed by atoms with Crippen molar-refractivity contribution >= 4 is 35.5 Å². The van der Waals surface area contributed by atoms with Crippen LogP contribution in [0, 0.1) is 0 Å². The minimum absolute atomic E-state index is 0.131. The highest BCUT2D eigenvalue weighted by Gasteiger charge is 2.21. The molecule has 1 aromatic heterocycles. The van der Waals surface area contributed by atoms with Crippen molar-refractivity contribution in [3.05, 3.63) is 78.1 Å². The first kappa shape index (κ1) is 16.4. The van der Waals surface area contributed by atoms with Crippen molar-refractivity contribution < 1.29 is 4.79 Å². The van der Waals surface area contributed by atoms with Gasteiger partial charge in [0.05, 0.1) is 11.3 Å². The molecule has 3 rings (SSSR count). The maximum Gasteiger partial charge on any atom is 0.214 e. The molecule has 120 valence electrons. The molecule has 3 heteroatoms. The summed E-state index contributed by atoms with van der Waals surface area (Å²) in [5, 5.41) is 2.15. The zero-order chi connectivity index (χ0) is 17.1. The number of aryl methyl sites for hydroxylation is 1. The zero-order valence-electron chi connectivity index (χ0n) is 14.0. The van der Waals surface area contributed by atoms with Gasteiger partial charge < -0.3 is 4.98 Å². The minimum Gasteiger partial charge on any atom is -0.354 e. The van der Waals surface area contributed by atoms with Crippen molar-refractivity contribution in [2.24, 2.45) is 0 Å². The van der Waals surface area contributed by atoms with Gasteiger partial charge in [0.15, 0.2) is 0 Å². The maximum atomic E-state index is 12.5. The predicted molar refractivity (Wildman–Crippen MR) is 106 cm³/mol. The van der Waals surface area contributed by atoms with Crippen LogP contribution in [0.3, 0.4) is 0 Å². The van der Waals surface area contributed by atoms with Crippen molar-refractivity contribution in [3.63, 3.8) is 0 Å². The first-order chi connectivity index (χ1) is 11.7. The Kier molecular flexibility index (Phi) is 4.78. The number of nitrogens with one attached hydrogen (secondary N) is 1. The second kappa shape index (κ2) is 6.98. The molecule has 0 amide bonds. The van der Waals surface area contributed by atoms with Crippen molar-refractivity contribution in [2.45, 2.75) is 20.3 Å². The Labute approximate surface area is 144 Å². The van der Waals surface area contributed by atoms with E-state index in [4.69, 9.17) is 0 Å². The lowest BCUT2D eigenvalue weighted by Gasteiger charge is -1.98. The Morgan fingerprint density at radius 3 is 2.88 bits per heavy atom. The molecule has 0 atom stereocenters. The van der Waals surface area contributed by atoms with Gasteiger partial charge in [0.25, 0.3) is 0 Å². The van der Waals surface area contributed by atoms with Crippen LogP contribution in [-0.2, 0) is 11.2 Å². The zero-order valence-corrected chi connectivity index (χ0v) is 14.9. The minimum atomic E-state index is 0.131. The van der Waals surface area contributed by atoms with Gasteiger partial charge in [0.1, 0.15) is 0 Å². The van der Waals surface area contributed by atoms with Gasteiger partial charge in [0, 0.05) is 16.2 Å². The molecule has 0 radical (unpaired) electrons. The number of aromatic nitrogens is 1. The van der Waals surface area contributed by atoms with Crippen LogP contribution in [0.2, 0.25) is 0 Å². The number of H-pyrrole nitrogens is 1. The van der Waals surface area contributed by atoms with Crippen molar-refractivity contribution in [2.75, 3.05) is 0 Å². The molecule has 24 heavy (non-hydrogen) atoms. The van der Waals surface area contributed by atoms with Crippen LogP contribution in [0.5, 0.6) is 0 Å². The van der Waals surface area contributed by atoms with Crippen LogP contribution in [0.4, 0.5) is 0 Å². The fourth-order valence-electron chi connectivity index (χ4n) is 2.81. The Hall–Kier alpha value is -2.44. The van der Waals surface area contributed by atoms with Crippen molar-refractivity contribution in [3.8, 4) is 0 Å². The first-order valence-electron chi connectivity index (χ1n) is 8.08. The third-order valence-corrected chi connectivity index (χ3v) is 5.13. The molecule has 2 nitrogen and oxygen atoms in total. The molecule has 2 aromatic rings. The van der Waals surface area contributed by atoms with Gasteiger partial charge in [-0.3, -0.25) is 4.79 Å². The summed E-state index contributed by atoms with van der Waals surface area (Å²) in [6, 6.07) is 8.46. The average Bonchev–Trinajstić information content (AvgIpc) is 3.16. The summed E-state index contributed by atoms with van der Waals surface area (Å²) in [5.41, 5.74) is 5.17. The molecule has 1 aliphatic rings. The maximum absolute atomic E-state index is 12.5. The van der Waals surface area contributed by atoms with Gasteiger partial charge in [0.2, 0.25) is 5.52 Å². The Balaban J connectivity index is 2.01. The second-order valence-electron chi connectivity index (χ2n) is 5.68. The highest BCUT2D eigenvalue weighted by molar-refractivity contribution is 7.63. The quantitative estimate of drug-likeness (QED) is 0.572. The summed E-state index contributed by atoms with van der Waals surface area (Å²) in [6.45, 7) is 7.87. The summed E-state index contributed by atoms with van der Waals surface area (Å²) < 4.78 is 0. The van der Waals surface area contributed by atoms with E-state index in [0.29, 0.717) is 8.20 Å². The number of hydrogen-bond acceptors (Lipinski definition) is 1. The van der Waals surface area contributed by atoms with E-state index in [0.717, 1.165) is 39.5 Å².